The van der Waals surface area contributed by atoms with Gasteiger partial charge in [-0.15, -0.1) is 0 Å². The van der Waals surface area contributed by atoms with Crippen LogP contribution in [0, 0.1) is 5.92 Å². The van der Waals surface area contributed by atoms with Gasteiger partial charge in [0.2, 0.25) is 11.8 Å². The van der Waals surface area contributed by atoms with Gasteiger partial charge in [-0.2, -0.15) is 0 Å². The van der Waals surface area contributed by atoms with E-state index in [1.54, 1.807) is 0 Å². The summed E-state index contributed by atoms with van der Waals surface area (Å²) >= 11 is 0. The Balaban J connectivity index is 1.97. The molecule has 0 radical (unpaired) electrons. The lowest BCUT2D eigenvalue weighted by Crippen LogP contribution is -2.50. The van der Waals surface area contributed by atoms with Gasteiger partial charge in [-0.25, -0.2) is 0 Å². The Hall–Kier alpha value is -2.17. The van der Waals surface area contributed by atoms with Crippen LogP contribution < -0.4 is 11.1 Å². The molecule has 0 unspecified atom stereocenters. The topological polar surface area (TPSA) is 89.3 Å². The second kappa shape index (κ2) is 7.02. The Labute approximate surface area is 123 Å². The molecule has 1 saturated carbocycles. The molecule has 2 rings (SSSR count). The second-order valence-electron chi connectivity index (χ2n) is 5.51. The highest BCUT2D eigenvalue weighted by Gasteiger charge is 2.31. The van der Waals surface area contributed by atoms with Gasteiger partial charge in [0.1, 0.15) is 11.8 Å². The summed E-state index contributed by atoms with van der Waals surface area (Å²) in [6, 6.07) is 8.53. The van der Waals surface area contributed by atoms with Crippen molar-refractivity contribution < 1.29 is 14.4 Å². The van der Waals surface area contributed by atoms with Crippen LogP contribution in [-0.4, -0.2) is 23.6 Å². The SMILES string of the molecule is NC(=O)[C@H](NC(=O)Cc1ccccc1)[C@H]1CCCC(=O)C1. The van der Waals surface area contributed by atoms with Gasteiger partial charge in [-0.3, -0.25) is 14.4 Å². The van der Waals surface area contributed by atoms with Crippen molar-refractivity contribution in [3.63, 3.8) is 0 Å². The van der Waals surface area contributed by atoms with E-state index in [1.165, 1.54) is 0 Å². The number of primary amides is 1. The third kappa shape index (κ3) is 4.41. The van der Waals surface area contributed by atoms with E-state index in [9.17, 15) is 14.4 Å². The van der Waals surface area contributed by atoms with E-state index in [2.05, 4.69) is 5.32 Å². The third-order valence-corrected chi connectivity index (χ3v) is 3.82. The number of rotatable bonds is 5. The second-order valence-corrected chi connectivity index (χ2v) is 5.51. The summed E-state index contributed by atoms with van der Waals surface area (Å²) in [6.07, 6.45) is 2.57. The number of hydrogen-bond acceptors (Lipinski definition) is 3. The Morgan fingerprint density at radius 2 is 2.00 bits per heavy atom. The number of nitrogens with two attached hydrogens (primary N) is 1. The van der Waals surface area contributed by atoms with Crippen molar-refractivity contribution in [3.8, 4) is 0 Å². The van der Waals surface area contributed by atoms with Gasteiger partial charge in [0, 0.05) is 12.8 Å². The van der Waals surface area contributed by atoms with Crippen LogP contribution in [0.2, 0.25) is 0 Å². The van der Waals surface area contributed by atoms with E-state index in [1.807, 2.05) is 30.3 Å². The van der Waals surface area contributed by atoms with Crippen molar-refractivity contribution in [1.29, 1.82) is 0 Å². The van der Waals surface area contributed by atoms with Crippen molar-refractivity contribution in [1.82, 2.24) is 5.32 Å². The van der Waals surface area contributed by atoms with Crippen molar-refractivity contribution in [2.45, 2.75) is 38.1 Å². The molecule has 0 spiro atoms. The average molecular weight is 288 g/mol. The number of nitrogens with one attached hydrogen (secondary N) is 1. The molecule has 1 aromatic rings. The van der Waals surface area contributed by atoms with E-state index in [-0.39, 0.29) is 24.0 Å². The monoisotopic (exact) mass is 288 g/mol. The molecule has 1 fully saturated rings. The van der Waals surface area contributed by atoms with Crippen LogP contribution in [0.3, 0.4) is 0 Å². The van der Waals surface area contributed by atoms with Gasteiger partial charge in [-0.1, -0.05) is 30.3 Å². The Kier molecular flexibility index (Phi) is 5.09. The molecule has 5 heteroatoms. The first-order chi connectivity index (χ1) is 10.1. The summed E-state index contributed by atoms with van der Waals surface area (Å²) in [4.78, 5) is 35.1. The molecule has 1 aliphatic carbocycles. The molecule has 1 aromatic carbocycles. The average Bonchev–Trinajstić information content (AvgIpc) is 2.45. The maximum atomic E-state index is 12.0. The Morgan fingerprint density at radius 1 is 1.29 bits per heavy atom. The van der Waals surface area contributed by atoms with Gasteiger partial charge < -0.3 is 11.1 Å². The number of benzene rings is 1. The van der Waals surface area contributed by atoms with Gasteiger partial charge in [0.05, 0.1) is 6.42 Å². The van der Waals surface area contributed by atoms with Crippen molar-refractivity contribution in [3.05, 3.63) is 35.9 Å². The molecule has 2 amide bonds. The van der Waals surface area contributed by atoms with E-state index in [0.29, 0.717) is 12.8 Å². The third-order valence-electron chi connectivity index (χ3n) is 3.82. The minimum Gasteiger partial charge on any atom is -0.368 e. The zero-order chi connectivity index (χ0) is 15.2. The Morgan fingerprint density at radius 3 is 2.62 bits per heavy atom. The lowest BCUT2D eigenvalue weighted by molar-refractivity contribution is -0.130. The molecule has 3 N–H and O–H groups in total. The van der Waals surface area contributed by atoms with Crippen LogP contribution in [0.25, 0.3) is 0 Å². The standard InChI is InChI=1S/C16H20N2O3/c17-16(21)15(12-7-4-8-13(19)10-12)18-14(20)9-11-5-2-1-3-6-11/h1-3,5-6,12,15H,4,7-10H2,(H2,17,21)(H,18,20)/t12-,15+/m0/s1. The first-order valence-electron chi connectivity index (χ1n) is 7.20. The van der Waals surface area contributed by atoms with Crippen LogP contribution in [0.5, 0.6) is 0 Å². The van der Waals surface area contributed by atoms with Crippen molar-refractivity contribution in [2.75, 3.05) is 0 Å². The summed E-state index contributed by atoms with van der Waals surface area (Å²) in [5.74, 6) is -0.864. The molecule has 0 aliphatic heterocycles. The van der Waals surface area contributed by atoms with E-state index < -0.39 is 11.9 Å². The van der Waals surface area contributed by atoms with Gasteiger partial charge >= 0.3 is 0 Å². The van der Waals surface area contributed by atoms with Crippen LogP contribution in [0.15, 0.2) is 30.3 Å². The lowest BCUT2D eigenvalue weighted by atomic mass is 9.83. The predicted octanol–water partition coefficient (Wildman–Crippen LogP) is 0.959. The largest absolute Gasteiger partial charge is 0.368 e. The molecular weight excluding hydrogens is 268 g/mol. The molecule has 1 aliphatic rings. The molecule has 2 atom stereocenters. The smallest absolute Gasteiger partial charge is 0.240 e. The van der Waals surface area contributed by atoms with Crippen molar-refractivity contribution in [2.24, 2.45) is 11.7 Å². The maximum absolute atomic E-state index is 12.0. The van der Waals surface area contributed by atoms with E-state index >= 15 is 0 Å². The number of amides is 2. The predicted molar refractivity (Wildman–Crippen MR) is 78.2 cm³/mol. The molecule has 0 aromatic heterocycles. The zero-order valence-corrected chi connectivity index (χ0v) is 11.9. The van der Waals surface area contributed by atoms with E-state index in [0.717, 1.165) is 18.4 Å². The van der Waals surface area contributed by atoms with Crippen molar-refractivity contribution >= 4 is 17.6 Å². The molecular formula is C16H20N2O3. The highest BCUT2D eigenvalue weighted by atomic mass is 16.2. The maximum Gasteiger partial charge on any atom is 0.240 e. The van der Waals surface area contributed by atoms with Gasteiger partial charge in [-0.05, 0) is 24.3 Å². The fourth-order valence-corrected chi connectivity index (χ4v) is 2.77. The zero-order valence-electron chi connectivity index (χ0n) is 11.9. The summed E-state index contributed by atoms with van der Waals surface area (Å²) < 4.78 is 0. The number of hydrogen-bond donors (Lipinski definition) is 2. The van der Waals surface area contributed by atoms with Crippen LogP contribution in [0.4, 0.5) is 0 Å². The molecule has 0 saturated heterocycles. The first kappa shape index (κ1) is 15.2. The first-order valence-corrected chi connectivity index (χ1v) is 7.20. The summed E-state index contributed by atoms with van der Waals surface area (Å²) in [7, 11) is 0. The van der Waals surface area contributed by atoms with Crippen LogP contribution in [0.1, 0.15) is 31.2 Å². The van der Waals surface area contributed by atoms with Crippen LogP contribution in [-0.2, 0) is 20.8 Å². The molecule has 21 heavy (non-hydrogen) atoms. The summed E-state index contributed by atoms with van der Waals surface area (Å²) in [6.45, 7) is 0. The summed E-state index contributed by atoms with van der Waals surface area (Å²) in [5.41, 5.74) is 6.26. The molecule has 112 valence electrons. The molecule has 5 nitrogen and oxygen atoms in total. The number of carbonyl (C=O) groups excluding carboxylic acids is 3. The number of ketones is 1. The van der Waals surface area contributed by atoms with Crippen LogP contribution >= 0.6 is 0 Å². The lowest BCUT2D eigenvalue weighted by Gasteiger charge is -2.28. The summed E-state index contributed by atoms with van der Waals surface area (Å²) in [5, 5.41) is 2.69. The Bertz CT molecular complexity index is 528. The highest BCUT2D eigenvalue weighted by molar-refractivity contribution is 5.89. The fraction of sp³-hybridized carbons (Fsp3) is 0.438. The normalized spacial score (nSPS) is 19.8. The number of Topliss-reactive ketones (excluding diaryl/α,β-unsaturated/α-hetero) is 1. The van der Waals surface area contributed by atoms with Gasteiger partial charge in [0.15, 0.2) is 0 Å². The minimum absolute atomic E-state index is 0.134. The highest BCUT2D eigenvalue weighted by Crippen LogP contribution is 2.24. The van der Waals surface area contributed by atoms with E-state index in [4.69, 9.17) is 5.73 Å². The fourth-order valence-electron chi connectivity index (χ4n) is 2.77. The number of carbonyl (C=O) groups is 3. The quantitative estimate of drug-likeness (QED) is 0.845. The minimum atomic E-state index is -0.759. The molecule has 0 heterocycles. The van der Waals surface area contributed by atoms with Gasteiger partial charge in [0.25, 0.3) is 0 Å². The molecule has 0 bridgehead atoms.